The number of benzene rings is 2. The molecule has 2 heterocycles. The van der Waals surface area contributed by atoms with E-state index in [1.165, 1.54) is 47.4 Å². The number of amides is 1. The van der Waals surface area contributed by atoms with E-state index in [0.717, 1.165) is 11.3 Å². The summed E-state index contributed by atoms with van der Waals surface area (Å²) < 4.78 is 46.0. The largest absolute Gasteiger partial charge is 0.495 e. The van der Waals surface area contributed by atoms with E-state index in [1.54, 1.807) is 19.1 Å². The molecule has 1 aromatic heterocycles. The molecule has 0 saturated carbocycles. The van der Waals surface area contributed by atoms with Crippen molar-refractivity contribution in [2.24, 2.45) is 4.99 Å². The molecule has 13 heteroatoms. The summed E-state index contributed by atoms with van der Waals surface area (Å²) in [5, 5.41) is 0.407. The average Bonchev–Trinajstić information content (AvgIpc) is 3.50. The Balaban J connectivity index is 1.80. The highest BCUT2D eigenvalue weighted by Crippen LogP contribution is 2.35. The Kier molecular flexibility index (Phi) is 8.22. The highest BCUT2D eigenvalue weighted by atomic mass is 35.5. The Morgan fingerprint density at radius 2 is 1.78 bits per heavy atom. The Morgan fingerprint density at radius 3 is 2.43 bits per heavy atom. The van der Waals surface area contributed by atoms with Crippen LogP contribution in [0.5, 0.6) is 11.5 Å². The average molecular weight is 568 g/mol. The van der Waals surface area contributed by atoms with Crippen molar-refractivity contribution in [1.82, 2.24) is 8.87 Å². The lowest BCUT2D eigenvalue weighted by atomic mass is 10.2. The van der Waals surface area contributed by atoms with Gasteiger partial charge in [-0.15, -0.1) is 0 Å². The van der Waals surface area contributed by atoms with E-state index in [-0.39, 0.29) is 29.4 Å². The Bertz CT molecular complexity index is 1500. The molecule has 1 fully saturated rings. The molecular weight excluding hydrogens is 542 g/mol. The zero-order valence-corrected chi connectivity index (χ0v) is 22.9. The van der Waals surface area contributed by atoms with Crippen LogP contribution in [0.15, 0.2) is 46.3 Å². The number of sulfonamides is 1. The van der Waals surface area contributed by atoms with Gasteiger partial charge in [0.1, 0.15) is 34.3 Å². The predicted molar refractivity (Wildman–Crippen MR) is 138 cm³/mol. The van der Waals surface area contributed by atoms with Gasteiger partial charge in [0.2, 0.25) is 10.0 Å². The zero-order valence-electron chi connectivity index (χ0n) is 20.5. The van der Waals surface area contributed by atoms with Crippen molar-refractivity contribution in [2.45, 2.75) is 37.2 Å². The Morgan fingerprint density at radius 1 is 1.11 bits per heavy atom. The smallest absolute Gasteiger partial charge is 0.326 e. The predicted octanol–water partition coefficient (Wildman–Crippen LogP) is 3.22. The van der Waals surface area contributed by atoms with E-state index in [4.69, 9.17) is 25.8 Å². The van der Waals surface area contributed by atoms with Crippen molar-refractivity contribution in [3.8, 4) is 11.5 Å². The summed E-state index contributed by atoms with van der Waals surface area (Å²) in [6.07, 6.45) is 0.834. The second-order valence-electron chi connectivity index (χ2n) is 8.10. The number of aromatic nitrogens is 1. The molecule has 1 unspecified atom stereocenters. The van der Waals surface area contributed by atoms with Gasteiger partial charge in [-0.25, -0.2) is 8.42 Å². The van der Waals surface area contributed by atoms with E-state index in [9.17, 15) is 18.0 Å². The van der Waals surface area contributed by atoms with Crippen LogP contribution in [-0.4, -0.2) is 62.6 Å². The van der Waals surface area contributed by atoms with E-state index in [0.29, 0.717) is 39.6 Å². The highest BCUT2D eigenvalue weighted by Gasteiger charge is 2.39. The first-order chi connectivity index (χ1) is 17.7. The van der Waals surface area contributed by atoms with Crippen LogP contribution in [0.4, 0.5) is 0 Å². The van der Waals surface area contributed by atoms with Gasteiger partial charge < -0.3 is 18.8 Å². The van der Waals surface area contributed by atoms with Crippen molar-refractivity contribution < 1.29 is 32.2 Å². The van der Waals surface area contributed by atoms with Gasteiger partial charge in [-0.1, -0.05) is 22.9 Å². The van der Waals surface area contributed by atoms with Crippen LogP contribution in [0, 0.1) is 0 Å². The molecule has 0 radical (unpaired) electrons. The first-order valence-electron chi connectivity index (χ1n) is 11.5. The van der Waals surface area contributed by atoms with Gasteiger partial charge in [-0.3, -0.25) is 9.59 Å². The molecule has 0 aliphatic carbocycles. The molecule has 2 aromatic carbocycles. The molecule has 1 aliphatic heterocycles. The number of carbonyl (C=O) groups is 2. The van der Waals surface area contributed by atoms with Gasteiger partial charge in [-0.05, 0) is 56.2 Å². The van der Waals surface area contributed by atoms with Crippen LogP contribution >= 0.6 is 22.9 Å². The molecular formula is C24H26ClN3O7S2. The molecule has 10 nitrogen and oxygen atoms in total. The number of fused-ring (bicyclic) bond motifs is 1. The third-order valence-electron chi connectivity index (χ3n) is 5.90. The van der Waals surface area contributed by atoms with Crippen LogP contribution < -0.4 is 14.3 Å². The second-order valence-corrected chi connectivity index (χ2v) is 11.4. The minimum absolute atomic E-state index is 0.0466. The summed E-state index contributed by atoms with van der Waals surface area (Å²) >= 11 is 7.05. The van der Waals surface area contributed by atoms with E-state index in [2.05, 4.69) is 4.99 Å². The number of carbonyl (C=O) groups excluding carboxylic acids is 2. The van der Waals surface area contributed by atoms with Gasteiger partial charge in [0.25, 0.3) is 5.91 Å². The number of ether oxygens (including phenoxy) is 3. The quantitative estimate of drug-likeness (QED) is 0.384. The zero-order chi connectivity index (χ0) is 26.7. The molecule has 1 saturated heterocycles. The Labute approximate surface area is 223 Å². The lowest BCUT2D eigenvalue weighted by Gasteiger charge is -2.21. The number of hydrogen-bond donors (Lipinski definition) is 0. The number of methoxy groups -OCH3 is 2. The lowest BCUT2D eigenvalue weighted by molar-refractivity contribution is -0.143. The number of thiazole rings is 1. The fraction of sp³-hybridized carbons (Fsp3) is 0.375. The topological polar surface area (TPSA) is 116 Å². The summed E-state index contributed by atoms with van der Waals surface area (Å²) in [6, 6.07) is 8.22. The van der Waals surface area contributed by atoms with Gasteiger partial charge >= 0.3 is 5.97 Å². The van der Waals surface area contributed by atoms with E-state index in [1.807, 2.05) is 0 Å². The summed E-state index contributed by atoms with van der Waals surface area (Å²) in [4.78, 5) is 30.4. The van der Waals surface area contributed by atoms with E-state index >= 15 is 0 Å². The normalized spacial score (nSPS) is 16.8. The molecule has 1 aliphatic rings. The number of nitrogens with zero attached hydrogens (tertiary/aromatic N) is 3. The first-order valence-corrected chi connectivity index (χ1v) is 14.1. The fourth-order valence-corrected chi connectivity index (χ4v) is 7.13. The molecule has 3 aromatic rings. The van der Waals surface area contributed by atoms with Gasteiger partial charge in [0.15, 0.2) is 4.80 Å². The Hall–Kier alpha value is -2.93. The van der Waals surface area contributed by atoms with Crippen molar-refractivity contribution in [3.05, 3.63) is 46.2 Å². The third kappa shape index (κ3) is 5.37. The third-order valence-corrected chi connectivity index (χ3v) is 9.17. The minimum atomic E-state index is -3.95. The number of halogens is 1. The SMILES string of the molecule is CCOC(=O)Cn1c(=NC(=O)C2CCCN2S(=O)(=O)c2ccc(Cl)cc2)sc2c(OC)ccc(OC)c21. The molecule has 0 spiro atoms. The van der Waals surface area contributed by atoms with Crippen LogP contribution in [0.25, 0.3) is 10.2 Å². The summed E-state index contributed by atoms with van der Waals surface area (Å²) in [7, 11) is -0.944. The number of rotatable bonds is 8. The van der Waals surface area contributed by atoms with Crippen LogP contribution in [0.1, 0.15) is 19.8 Å². The highest BCUT2D eigenvalue weighted by molar-refractivity contribution is 7.89. The summed E-state index contributed by atoms with van der Waals surface area (Å²) in [6.45, 7) is 1.85. The summed E-state index contributed by atoms with van der Waals surface area (Å²) in [5.74, 6) is -0.177. The molecule has 1 atom stereocenters. The molecule has 4 rings (SSSR count). The van der Waals surface area contributed by atoms with Crippen LogP contribution in [-0.2, 0) is 30.9 Å². The fourth-order valence-electron chi connectivity index (χ4n) is 4.21. The van der Waals surface area contributed by atoms with Crippen molar-refractivity contribution in [2.75, 3.05) is 27.4 Å². The van der Waals surface area contributed by atoms with Crippen molar-refractivity contribution in [1.29, 1.82) is 0 Å². The van der Waals surface area contributed by atoms with Crippen molar-refractivity contribution >= 4 is 55.1 Å². The monoisotopic (exact) mass is 567 g/mol. The molecule has 0 N–H and O–H groups in total. The minimum Gasteiger partial charge on any atom is -0.495 e. The number of hydrogen-bond acceptors (Lipinski definition) is 8. The van der Waals surface area contributed by atoms with Crippen LogP contribution in [0.2, 0.25) is 5.02 Å². The van der Waals surface area contributed by atoms with Gasteiger partial charge in [-0.2, -0.15) is 9.30 Å². The molecule has 198 valence electrons. The second kappa shape index (κ2) is 11.2. The van der Waals surface area contributed by atoms with Gasteiger partial charge in [0.05, 0.1) is 25.7 Å². The lowest BCUT2D eigenvalue weighted by Crippen LogP contribution is -2.40. The van der Waals surface area contributed by atoms with Crippen molar-refractivity contribution in [3.63, 3.8) is 0 Å². The molecule has 37 heavy (non-hydrogen) atoms. The maximum absolute atomic E-state index is 13.4. The van der Waals surface area contributed by atoms with E-state index < -0.39 is 27.9 Å². The molecule has 1 amide bonds. The maximum atomic E-state index is 13.4. The maximum Gasteiger partial charge on any atom is 0.326 e. The summed E-state index contributed by atoms with van der Waals surface area (Å²) in [5.41, 5.74) is 0.517. The number of esters is 1. The first kappa shape index (κ1) is 27.1. The molecule has 0 bridgehead atoms. The van der Waals surface area contributed by atoms with Gasteiger partial charge in [0, 0.05) is 11.6 Å². The van der Waals surface area contributed by atoms with Crippen LogP contribution in [0.3, 0.4) is 0 Å². The standard InChI is InChI=1S/C24H26ClN3O7S2/c1-4-35-20(29)14-27-21-18(33-2)11-12-19(34-3)22(21)36-24(27)26-23(30)17-6-5-13-28(17)37(31,32)16-9-7-15(25)8-10-16/h7-12,17H,4-6,13-14H2,1-3H3.